The van der Waals surface area contributed by atoms with E-state index in [0.717, 1.165) is 12.8 Å². The molecule has 1 aromatic carbocycles. The molecule has 0 radical (unpaired) electrons. The lowest BCUT2D eigenvalue weighted by atomic mass is 10.0. The highest BCUT2D eigenvalue weighted by atomic mass is 35.5. The molecule has 0 aliphatic carbocycles. The maximum absolute atomic E-state index is 12.1. The second-order valence-electron chi connectivity index (χ2n) is 4.50. The molecule has 0 aromatic heterocycles. The first-order valence-electron chi connectivity index (χ1n) is 5.96. The number of benzene rings is 1. The minimum atomic E-state index is -1.07. The number of aliphatic hydroxyl groups excluding tert-OH is 1. The third-order valence-electron chi connectivity index (χ3n) is 3.12. The Morgan fingerprint density at radius 3 is 2.67 bits per heavy atom. The highest BCUT2D eigenvalue weighted by Crippen LogP contribution is 2.18. The smallest absolute Gasteiger partial charge is 0.256 e. The topological polar surface area (TPSA) is 66.6 Å². The van der Waals surface area contributed by atoms with Crippen molar-refractivity contribution in [1.82, 2.24) is 4.90 Å². The summed E-state index contributed by atoms with van der Waals surface area (Å²) in [5, 5.41) is 10.00. The largest absolute Gasteiger partial charge is 0.378 e. The Labute approximate surface area is 113 Å². The van der Waals surface area contributed by atoms with Crippen LogP contribution in [0.5, 0.6) is 0 Å². The molecule has 0 bridgehead atoms. The maximum Gasteiger partial charge on any atom is 0.256 e. The van der Waals surface area contributed by atoms with Crippen molar-refractivity contribution < 1.29 is 9.90 Å². The maximum atomic E-state index is 12.1. The van der Waals surface area contributed by atoms with Crippen LogP contribution in [0.15, 0.2) is 30.3 Å². The van der Waals surface area contributed by atoms with Gasteiger partial charge in [-0.15, -0.1) is 12.4 Å². The third-order valence-corrected chi connectivity index (χ3v) is 3.12. The second kappa shape index (κ2) is 6.73. The van der Waals surface area contributed by atoms with Crippen LogP contribution in [-0.2, 0) is 4.79 Å². The van der Waals surface area contributed by atoms with Crippen LogP contribution in [0.3, 0.4) is 0 Å². The van der Waals surface area contributed by atoms with E-state index in [0.29, 0.717) is 18.7 Å². The second-order valence-corrected chi connectivity index (χ2v) is 4.50. The average molecular weight is 271 g/mol. The van der Waals surface area contributed by atoms with Gasteiger partial charge in [-0.05, 0) is 18.4 Å². The van der Waals surface area contributed by atoms with Gasteiger partial charge in [-0.1, -0.05) is 30.3 Å². The van der Waals surface area contributed by atoms with Crippen molar-refractivity contribution in [2.75, 3.05) is 13.1 Å². The van der Waals surface area contributed by atoms with Crippen LogP contribution in [0.2, 0.25) is 0 Å². The van der Waals surface area contributed by atoms with Crippen molar-refractivity contribution in [2.24, 2.45) is 5.73 Å². The van der Waals surface area contributed by atoms with Crippen molar-refractivity contribution in [2.45, 2.75) is 25.0 Å². The molecule has 1 saturated heterocycles. The van der Waals surface area contributed by atoms with Crippen molar-refractivity contribution in [3.8, 4) is 0 Å². The number of amides is 1. The van der Waals surface area contributed by atoms with Gasteiger partial charge in [0.2, 0.25) is 0 Å². The lowest BCUT2D eigenvalue weighted by Gasteiger charge is -2.32. The molecule has 0 saturated carbocycles. The fourth-order valence-corrected chi connectivity index (χ4v) is 2.16. The van der Waals surface area contributed by atoms with Gasteiger partial charge in [-0.2, -0.15) is 0 Å². The number of rotatable bonds is 2. The molecule has 0 spiro atoms. The molecule has 1 amide bonds. The number of piperidine rings is 1. The van der Waals surface area contributed by atoms with Gasteiger partial charge in [0.25, 0.3) is 5.91 Å². The number of likely N-dealkylation sites (tertiary alicyclic amines) is 1. The van der Waals surface area contributed by atoms with E-state index in [4.69, 9.17) is 5.73 Å². The van der Waals surface area contributed by atoms with Crippen LogP contribution < -0.4 is 5.73 Å². The first kappa shape index (κ1) is 15.0. The first-order chi connectivity index (χ1) is 8.18. The summed E-state index contributed by atoms with van der Waals surface area (Å²) in [5.41, 5.74) is 6.46. The summed E-state index contributed by atoms with van der Waals surface area (Å²) in [4.78, 5) is 13.7. The number of hydrogen-bond donors (Lipinski definition) is 2. The Hall–Kier alpha value is -1.10. The summed E-state index contributed by atoms with van der Waals surface area (Å²) >= 11 is 0. The van der Waals surface area contributed by atoms with E-state index in [1.807, 2.05) is 18.2 Å². The molecule has 1 aliphatic rings. The van der Waals surface area contributed by atoms with Crippen LogP contribution in [0.1, 0.15) is 24.5 Å². The zero-order valence-electron chi connectivity index (χ0n) is 10.2. The van der Waals surface area contributed by atoms with E-state index >= 15 is 0 Å². The van der Waals surface area contributed by atoms with E-state index < -0.39 is 6.10 Å². The average Bonchev–Trinajstić information content (AvgIpc) is 2.38. The minimum absolute atomic E-state index is 0. The van der Waals surface area contributed by atoms with Crippen molar-refractivity contribution in [3.63, 3.8) is 0 Å². The predicted octanol–water partition coefficient (Wildman–Crippen LogP) is 1.09. The predicted molar refractivity (Wildman–Crippen MR) is 72.4 cm³/mol. The zero-order valence-corrected chi connectivity index (χ0v) is 11.0. The van der Waals surface area contributed by atoms with Gasteiger partial charge >= 0.3 is 0 Å². The molecule has 2 rings (SSSR count). The van der Waals surface area contributed by atoms with Crippen LogP contribution in [-0.4, -0.2) is 35.0 Å². The monoisotopic (exact) mass is 270 g/mol. The van der Waals surface area contributed by atoms with Gasteiger partial charge in [0.15, 0.2) is 6.10 Å². The quantitative estimate of drug-likeness (QED) is 0.846. The Bertz CT molecular complexity index is 386. The lowest BCUT2D eigenvalue weighted by Crippen LogP contribution is -2.47. The van der Waals surface area contributed by atoms with E-state index in [-0.39, 0.29) is 24.4 Å². The molecule has 1 fully saturated rings. The summed E-state index contributed by atoms with van der Waals surface area (Å²) in [6, 6.07) is 9.04. The van der Waals surface area contributed by atoms with Crippen LogP contribution in [0, 0.1) is 0 Å². The molecule has 3 N–H and O–H groups in total. The van der Waals surface area contributed by atoms with Gasteiger partial charge in [-0.3, -0.25) is 4.79 Å². The number of aliphatic hydroxyl groups is 1. The summed E-state index contributed by atoms with van der Waals surface area (Å²) < 4.78 is 0. The number of hydrogen-bond acceptors (Lipinski definition) is 3. The SMILES string of the molecule is Cl.N[C@@H]1CCCN(C(=O)C(O)c2ccccc2)C1. The minimum Gasteiger partial charge on any atom is -0.378 e. The number of halogens is 1. The fourth-order valence-electron chi connectivity index (χ4n) is 2.16. The van der Waals surface area contributed by atoms with E-state index in [9.17, 15) is 9.90 Å². The molecule has 4 nitrogen and oxygen atoms in total. The normalized spacial score (nSPS) is 21.0. The Morgan fingerprint density at radius 1 is 1.39 bits per heavy atom. The molecule has 1 aliphatic heterocycles. The summed E-state index contributed by atoms with van der Waals surface area (Å²) in [5.74, 6) is -0.244. The third kappa shape index (κ3) is 3.45. The van der Waals surface area contributed by atoms with Gasteiger partial charge < -0.3 is 15.7 Å². The van der Waals surface area contributed by atoms with E-state index in [2.05, 4.69) is 0 Å². The van der Waals surface area contributed by atoms with Gasteiger partial charge in [-0.25, -0.2) is 0 Å². The van der Waals surface area contributed by atoms with Gasteiger partial charge in [0, 0.05) is 19.1 Å². The zero-order chi connectivity index (χ0) is 12.3. The first-order valence-corrected chi connectivity index (χ1v) is 5.96. The molecule has 1 aromatic rings. The van der Waals surface area contributed by atoms with Crippen molar-refractivity contribution >= 4 is 18.3 Å². The number of carbonyl (C=O) groups excluding carboxylic acids is 1. The van der Waals surface area contributed by atoms with Crippen LogP contribution >= 0.6 is 12.4 Å². The Kier molecular flexibility index (Phi) is 5.59. The van der Waals surface area contributed by atoms with E-state index in [1.54, 1.807) is 17.0 Å². The highest BCUT2D eigenvalue weighted by Gasteiger charge is 2.27. The molecular formula is C13H19ClN2O2. The fraction of sp³-hybridized carbons (Fsp3) is 0.462. The molecule has 1 heterocycles. The molecule has 1 unspecified atom stereocenters. The molecule has 5 heteroatoms. The highest BCUT2D eigenvalue weighted by molar-refractivity contribution is 5.85. The van der Waals surface area contributed by atoms with Crippen LogP contribution in [0.25, 0.3) is 0 Å². The molecular weight excluding hydrogens is 252 g/mol. The Balaban J connectivity index is 0.00000162. The van der Waals surface area contributed by atoms with Crippen LogP contribution in [0.4, 0.5) is 0 Å². The molecule has 2 atom stereocenters. The lowest BCUT2D eigenvalue weighted by molar-refractivity contribution is -0.141. The van der Waals surface area contributed by atoms with Gasteiger partial charge in [0.1, 0.15) is 0 Å². The summed E-state index contributed by atoms with van der Waals surface area (Å²) in [6.07, 6.45) is 0.793. The van der Waals surface area contributed by atoms with E-state index in [1.165, 1.54) is 0 Å². The summed E-state index contributed by atoms with van der Waals surface area (Å²) in [6.45, 7) is 1.24. The standard InChI is InChI=1S/C13H18N2O2.ClH/c14-11-7-4-8-15(9-11)13(17)12(16)10-5-2-1-3-6-10;/h1-3,5-6,11-12,16H,4,7-9,14H2;1H/t11-,12?;/m1./s1. The number of nitrogens with zero attached hydrogens (tertiary/aromatic N) is 1. The molecule has 100 valence electrons. The molecule has 18 heavy (non-hydrogen) atoms. The van der Waals surface area contributed by atoms with Crippen molar-refractivity contribution in [1.29, 1.82) is 0 Å². The summed E-state index contributed by atoms with van der Waals surface area (Å²) in [7, 11) is 0. The van der Waals surface area contributed by atoms with Gasteiger partial charge in [0.05, 0.1) is 0 Å². The van der Waals surface area contributed by atoms with Crippen molar-refractivity contribution in [3.05, 3.63) is 35.9 Å². The Morgan fingerprint density at radius 2 is 2.06 bits per heavy atom. The number of nitrogens with two attached hydrogens (primary N) is 1. The number of carbonyl (C=O) groups is 1.